The molecule has 2 nitrogen and oxygen atoms in total. The summed E-state index contributed by atoms with van der Waals surface area (Å²) in [6, 6.07) is 3.82. The van der Waals surface area contributed by atoms with Crippen molar-refractivity contribution in [3.05, 3.63) is 40.2 Å². The average molecular weight is 266 g/mol. The number of hydrogen-bond donors (Lipinski definition) is 1. The zero-order chi connectivity index (χ0) is 12.8. The quantitative estimate of drug-likeness (QED) is 0.904. The van der Waals surface area contributed by atoms with Crippen molar-refractivity contribution >= 4 is 11.3 Å². The molecule has 1 aromatic carbocycles. The van der Waals surface area contributed by atoms with Crippen LogP contribution in [-0.4, -0.2) is 4.98 Å². The van der Waals surface area contributed by atoms with Gasteiger partial charge in [0.25, 0.3) is 0 Å². The van der Waals surface area contributed by atoms with E-state index < -0.39 is 11.6 Å². The van der Waals surface area contributed by atoms with E-state index in [1.54, 1.807) is 5.38 Å². The van der Waals surface area contributed by atoms with Crippen molar-refractivity contribution in [3.8, 4) is 11.3 Å². The van der Waals surface area contributed by atoms with Crippen LogP contribution in [0.15, 0.2) is 23.6 Å². The first-order valence-electron chi connectivity index (χ1n) is 5.79. The molecule has 18 heavy (non-hydrogen) atoms. The van der Waals surface area contributed by atoms with E-state index in [1.807, 2.05) is 0 Å². The van der Waals surface area contributed by atoms with Gasteiger partial charge in [-0.1, -0.05) is 6.07 Å². The molecule has 0 saturated heterocycles. The highest BCUT2D eigenvalue weighted by molar-refractivity contribution is 7.10. The molecule has 1 aliphatic carbocycles. The number of benzene rings is 1. The van der Waals surface area contributed by atoms with Gasteiger partial charge in [0.1, 0.15) is 16.6 Å². The van der Waals surface area contributed by atoms with E-state index in [4.69, 9.17) is 5.73 Å². The van der Waals surface area contributed by atoms with Crippen LogP contribution in [0.2, 0.25) is 0 Å². The van der Waals surface area contributed by atoms with Crippen molar-refractivity contribution in [2.45, 2.75) is 24.8 Å². The number of nitrogens with two attached hydrogens (primary N) is 1. The van der Waals surface area contributed by atoms with E-state index in [2.05, 4.69) is 4.98 Å². The number of thiazole rings is 1. The van der Waals surface area contributed by atoms with Crippen LogP contribution in [0, 0.1) is 11.6 Å². The topological polar surface area (TPSA) is 38.9 Å². The van der Waals surface area contributed by atoms with Gasteiger partial charge < -0.3 is 5.73 Å². The lowest BCUT2D eigenvalue weighted by Gasteiger charge is -2.35. The summed E-state index contributed by atoms with van der Waals surface area (Å²) < 4.78 is 27.3. The van der Waals surface area contributed by atoms with Crippen LogP contribution in [0.4, 0.5) is 8.78 Å². The molecule has 0 unspecified atom stereocenters. The molecule has 3 rings (SSSR count). The van der Waals surface area contributed by atoms with E-state index >= 15 is 0 Å². The first-order valence-corrected chi connectivity index (χ1v) is 6.67. The third kappa shape index (κ3) is 1.74. The van der Waals surface area contributed by atoms with Crippen LogP contribution in [0.25, 0.3) is 11.3 Å². The predicted molar refractivity (Wildman–Crippen MR) is 67.2 cm³/mol. The molecule has 2 aromatic rings. The average Bonchev–Trinajstić information content (AvgIpc) is 2.75. The maximum atomic E-state index is 13.6. The standard InChI is InChI=1S/C13H12F2N2S/c14-8-3-1-4-9(15)11(8)10-7-18-12(17-10)13(16)5-2-6-13/h1,3-4,7H,2,5-6,16H2. The third-order valence-electron chi connectivity index (χ3n) is 3.39. The van der Waals surface area contributed by atoms with Crippen LogP contribution < -0.4 is 5.73 Å². The number of halogens is 2. The van der Waals surface area contributed by atoms with E-state index in [9.17, 15) is 8.78 Å². The summed E-state index contributed by atoms with van der Waals surface area (Å²) >= 11 is 1.38. The van der Waals surface area contributed by atoms with Gasteiger partial charge in [-0.2, -0.15) is 0 Å². The van der Waals surface area contributed by atoms with Gasteiger partial charge in [-0.3, -0.25) is 0 Å². The molecule has 1 fully saturated rings. The van der Waals surface area contributed by atoms with Crippen LogP contribution in [0.1, 0.15) is 24.3 Å². The molecular formula is C13H12F2N2S. The maximum absolute atomic E-state index is 13.6. The molecule has 1 heterocycles. The van der Waals surface area contributed by atoms with Crippen molar-refractivity contribution in [1.82, 2.24) is 4.98 Å². The molecule has 1 saturated carbocycles. The molecule has 5 heteroatoms. The fourth-order valence-corrected chi connectivity index (χ4v) is 3.12. The van der Waals surface area contributed by atoms with Crippen LogP contribution >= 0.6 is 11.3 Å². The molecule has 1 aromatic heterocycles. The number of aromatic nitrogens is 1. The Hall–Kier alpha value is -1.33. The molecule has 0 spiro atoms. The van der Waals surface area contributed by atoms with Gasteiger partial charge in [0.15, 0.2) is 0 Å². The zero-order valence-electron chi connectivity index (χ0n) is 9.62. The van der Waals surface area contributed by atoms with Gasteiger partial charge in [-0.25, -0.2) is 13.8 Å². The highest BCUT2D eigenvalue weighted by Crippen LogP contribution is 2.41. The van der Waals surface area contributed by atoms with Crippen molar-refractivity contribution in [1.29, 1.82) is 0 Å². The van der Waals surface area contributed by atoms with Crippen molar-refractivity contribution in [3.63, 3.8) is 0 Å². The van der Waals surface area contributed by atoms with Gasteiger partial charge in [0.05, 0.1) is 16.8 Å². The summed E-state index contributed by atoms with van der Waals surface area (Å²) in [4.78, 5) is 4.31. The third-order valence-corrected chi connectivity index (χ3v) is 4.46. The second kappa shape index (κ2) is 4.10. The van der Waals surface area contributed by atoms with Gasteiger partial charge in [-0.15, -0.1) is 11.3 Å². The first-order chi connectivity index (χ1) is 8.60. The van der Waals surface area contributed by atoms with Crippen LogP contribution in [-0.2, 0) is 5.54 Å². The Morgan fingerprint density at radius 2 is 1.89 bits per heavy atom. The highest BCUT2D eigenvalue weighted by Gasteiger charge is 2.37. The second-order valence-corrected chi connectivity index (χ2v) is 5.50. The summed E-state index contributed by atoms with van der Waals surface area (Å²) in [6.45, 7) is 0. The molecule has 0 atom stereocenters. The Morgan fingerprint density at radius 1 is 1.22 bits per heavy atom. The smallest absolute Gasteiger partial charge is 0.135 e. The van der Waals surface area contributed by atoms with E-state index in [0.29, 0.717) is 5.69 Å². The highest BCUT2D eigenvalue weighted by atomic mass is 32.1. The van der Waals surface area contributed by atoms with Crippen molar-refractivity contribution < 1.29 is 8.78 Å². The summed E-state index contributed by atoms with van der Waals surface area (Å²) in [5.74, 6) is -1.18. The molecule has 1 aliphatic rings. The SMILES string of the molecule is NC1(c2nc(-c3c(F)cccc3F)cs2)CCC1. The lowest BCUT2D eigenvalue weighted by atomic mass is 9.78. The van der Waals surface area contributed by atoms with Crippen LogP contribution in [0.3, 0.4) is 0 Å². The largest absolute Gasteiger partial charge is 0.319 e. The Balaban J connectivity index is 2.03. The second-order valence-electron chi connectivity index (χ2n) is 4.64. The normalized spacial score (nSPS) is 17.5. The predicted octanol–water partition coefficient (Wildman–Crippen LogP) is 3.43. The van der Waals surface area contributed by atoms with Gasteiger partial charge in [-0.05, 0) is 31.4 Å². The fraction of sp³-hybridized carbons (Fsp3) is 0.308. The molecular weight excluding hydrogens is 254 g/mol. The number of hydrogen-bond acceptors (Lipinski definition) is 3. The van der Waals surface area contributed by atoms with E-state index in [0.717, 1.165) is 24.3 Å². The molecule has 2 N–H and O–H groups in total. The Kier molecular flexibility index (Phi) is 2.68. The first kappa shape index (κ1) is 11.7. The van der Waals surface area contributed by atoms with Crippen molar-refractivity contribution in [2.24, 2.45) is 5.73 Å². The Labute approximate surface area is 107 Å². The minimum atomic E-state index is -0.591. The summed E-state index contributed by atoms with van der Waals surface area (Å²) in [5, 5.41) is 2.44. The lowest BCUT2D eigenvalue weighted by molar-refractivity contribution is 0.253. The molecule has 0 amide bonds. The number of nitrogens with zero attached hydrogens (tertiary/aromatic N) is 1. The molecule has 94 valence electrons. The lowest BCUT2D eigenvalue weighted by Crippen LogP contribution is -2.43. The van der Waals surface area contributed by atoms with Gasteiger partial charge >= 0.3 is 0 Å². The van der Waals surface area contributed by atoms with Gasteiger partial charge in [0, 0.05) is 5.38 Å². The molecule has 0 aliphatic heterocycles. The minimum Gasteiger partial charge on any atom is -0.319 e. The van der Waals surface area contributed by atoms with Gasteiger partial charge in [0.2, 0.25) is 0 Å². The monoisotopic (exact) mass is 266 g/mol. The molecule has 0 bridgehead atoms. The summed E-state index contributed by atoms with van der Waals surface area (Å²) in [7, 11) is 0. The summed E-state index contributed by atoms with van der Waals surface area (Å²) in [6.07, 6.45) is 2.86. The van der Waals surface area contributed by atoms with E-state index in [-0.39, 0.29) is 11.1 Å². The number of rotatable bonds is 2. The van der Waals surface area contributed by atoms with E-state index in [1.165, 1.54) is 29.5 Å². The maximum Gasteiger partial charge on any atom is 0.135 e. The fourth-order valence-electron chi connectivity index (χ4n) is 2.13. The minimum absolute atomic E-state index is 0.0667. The Morgan fingerprint density at radius 3 is 2.44 bits per heavy atom. The van der Waals surface area contributed by atoms with Crippen LogP contribution in [0.5, 0.6) is 0 Å². The Bertz CT molecular complexity index is 570. The zero-order valence-corrected chi connectivity index (χ0v) is 10.4. The molecule has 0 radical (unpaired) electrons. The summed E-state index contributed by atoms with van der Waals surface area (Å²) in [5.41, 5.74) is 6.04. The van der Waals surface area contributed by atoms with Crippen molar-refractivity contribution in [2.75, 3.05) is 0 Å².